The molecule has 1 N–H and O–H groups in total. The maximum Gasteiger partial charge on any atom is 0.409 e. The van der Waals surface area contributed by atoms with Crippen molar-refractivity contribution in [3.05, 3.63) is 59.4 Å². The molecule has 0 bridgehead atoms. The second-order valence-corrected chi connectivity index (χ2v) is 8.26. The normalized spacial score (nSPS) is 14.5. The molecule has 0 saturated carbocycles. The van der Waals surface area contributed by atoms with E-state index in [9.17, 15) is 9.59 Å². The summed E-state index contributed by atoms with van der Waals surface area (Å²) in [5.41, 5.74) is 4.38. The SMILES string of the molecule is CCOC(=O)N1CCN(Cc2nc3cc(NC(=O)c4ccc(C)cc4)ccc3n2CC)CC1. The fraction of sp³-hybridized carbons (Fsp3) is 0.400. The van der Waals surface area contributed by atoms with Gasteiger partial charge in [-0.15, -0.1) is 0 Å². The van der Waals surface area contributed by atoms with E-state index in [4.69, 9.17) is 9.72 Å². The van der Waals surface area contributed by atoms with Crippen molar-refractivity contribution in [2.75, 3.05) is 38.1 Å². The summed E-state index contributed by atoms with van der Waals surface area (Å²) in [7, 11) is 0. The van der Waals surface area contributed by atoms with E-state index < -0.39 is 0 Å². The van der Waals surface area contributed by atoms with Crippen molar-refractivity contribution in [1.29, 1.82) is 0 Å². The number of hydrogen-bond acceptors (Lipinski definition) is 5. The third-order valence-corrected chi connectivity index (χ3v) is 5.98. The lowest BCUT2D eigenvalue weighted by molar-refractivity contribution is 0.0769. The van der Waals surface area contributed by atoms with Crippen LogP contribution in [0.25, 0.3) is 11.0 Å². The van der Waals surface area contributed by atoms with E-state index in [2.05, 4.69) is 21.7 Å². The molecule has 0 spiro atoms. The molecule has 8 nitrogen and oxygen atoms in total. The Morgan fingerprint density at radius 2 is 1.76 bits per heavy atom. The first-order valence-corrected chi connectivity index (χ1v) is 11.5. The number of nitrogens with zero attached hydrogens (tertiary/aromatic N) is 4. The van der Waals surface area contributed by atoms with Gasteiger partial charge in [0.05, 0.1) is 24.2 Å². The molecule has 1 saturated heterocycles. The van der Waals surface area contributed by atoms with Gasteiger partial charge < -0.3 is 19.5 Å². The highest BCUT2D eigenvalue weighted by Gasteiger charge is 2.23. The summed E-state index contributed by atoms with van der Waals surface area (Å²) in [6, 6.07) is 13.4. The molecular formula is C25H31N5O3. The van der Waals surface area contributed by atoms with Crippen molar-refractivity contribution in [2.45, 2.75) is 33.9 Å². The molecule has 0 unspecified atom stereocenters. The average Bonchev–Trinajstić information content (AvgIpc) is 3.16. The number of imidazole rings is 1. The molecule has 1 aliphatic heterocycles. The second kappa shape index (κ2) is 10.0. The molecule has 1 aliphatic rings. The number of anilines is 1. The molecule has 1 aromatic heterocycles. The Morgan fingerprint density at radius 1 is 1.03 bits per heavy atom. The summed E-state index contributed by atoms with van der Waals surface area (Å²) in [5.74, 6) is 0.850. The zero-order valence-corrected chi connectivity index (χ0v) is 19.5. The van der Waals surface area contributed by atoms with Crippen LogP contribution in [-0.4, -0.2) is 64.1 Å². The van der Waals surface area contributed by atoms with E-state index in [1.165, 1.54) is 0 Å². The summed E-state index contributed by atoms with van der Waals surface area (Å²) in [6.07, 6.45) is -0.238. The minimum absolute atomic E-state index is 0.135. The van der Waals surface area contributed by atoms with Crippen LogP contribution in [0, 0.1) is 6.92 Å². The second-order valence-electron chi connectivity index (χ2n) is 8.26. The van der Waals surface area contributed by atoms with Crippen LogP contribution in [0.5, 0.6) is 0 Å². The molecule has 0 atom stereocenters. The minimum Gasteiger partial charge on any atom is -0.450 e. The fourth-order valence-electron chi connectivity index (χ4n) is 4.14. The topological polar surface area (TPSA) is 79.7 Å². The molecule has 8 heteroatoms. The summed E-state index contributed by atoms with van der Waals surface area (Å²) >= 11 is 0. The molecule has 0 radical (unpaired) electrons. The number of rotatable bonds is 6. The number of fused-ring (bicyclic) bond motifs is 1. The van der Waals surface area contributed by atoms with Gasteiger partial charge >= 0.3 is 6.09 Å². The van der Waals surface area contributed by atoms with Gasteiger partial charge in [-0.3, -0.25) is 9.69 Å². The van der Waals surface area contributed by atoms with Crippen LogP contribution < -0.4 is 5.32 Å². The Morgan fingerprint density at radius 3 is 2.42 bits per heavy atom. The van der Waals surface area contributed by atoms with Crippen LogP contribution in [0.4, 0.5) is 10.5 Å². The molecule has 3 aromatic rings. The van der Waals surface area contributed by atoms with Gasteiger partial charge in [0, 0.05) is 44.0 Å². The van der Waals surface area contributed by atoms with Gasteiger partial charge in [0.2, 0.25) is 0 Å². The predicted molar refractivity (Wildman–Crippen MR) is 128 cm³/mol. The van der Waals surface area contributed by atoms with Crippen molar-refractivity contribution >= 4 is 28.7 Å². The Labute approximate surface area is 194 Å². The molecular weight excluding hydrogens is 418 g/mol. The predicted octanol–water partition coefficient (Wildman–Crippen LogP) is 3.89. The number of amides is 2. The van der Waals surface area contributed by atoms with Crippen molar-refractivity contribution in [3.63, 3.8) is 0 Å². The van der Waals surface area contributed by atoms with Gasteiger partial charge in [0.15, 0.2) is 0 Å². The van der Waals surface area contributed by atoms with Crippen LogP contribution in [0.3, 0.4) is 0 Å². The van der Waals surface area contributed by atoms with E-state index in [-0.39, 0.29) is 12.0 Å². The largest absolute Gasteiger partial charge is 0.450 e. The van der Waals surface area contributed by atoms with Gasteiger partial charge in [-0.2, -0.15) is 0 Å². The lowest BCUT2D eigenvalue weighted by Gasteiger charge is -2.33. The monoisotopic (exact) mass is 449 g/mol. The Bertz CT molecular complexity index is 1130. The molecule has 33 heavy (non-hydrogen) atoms. The Hall–Kier alpha value is -3.39. The average molecular weight is 450 g/mol. The Kier molecular flexibility index (Phi) is 6.93. The molecule has 2 heterocycles. The molecule has 0 aliphatic carbocycles. The lowest BCUT2D eigenvalue weighted by Crippen LogP contribution is -2.48. The smallest absolute Gasteiger partial charge is 0.409 e. The highest BCUT2D eigenvalue weighted by Crippen LogP contribution is 2.22. The van der Waals surface area contributed by atoms with Gasteiger partial charge in [0.25, 0.3) is 5.91 Å². The zero-order valence-electron chi connectivity index (χ0n) is 19.5. The van der Waals surface area contributed by atoms with Crippen molar-refractivity contribution in [2.24, 2.45) is 0 Å². The zero-order chi connectivity index (χ0) is 23.4. The number of carbonyl (C=O) groups is 2. The molecule has 2 aromatic carbocycles. The first kappa shape index (κ1) is 22.8. The van der Waals surface area contributed by atoms with Crippen LogP contribution >= 0.6 is 0 Å². The Balaban J connectivity index is 1.46. The van der Waals surface area contributed by atoms with Crippen molar-refractivity contribution in [1.82, 2.24) is 19.4 Å². The standard InChI is InChI=1S/C25H31N5O3/c1-4-30-22-11-10-20(26-24(31)19-8-6-18(3)7-9-19)16-21(22)27-23(30)17-28-12-14-29(15-13-28)25(32)33-5-2/h6-11,16H,4-5,12-15,17H2,1-3H3,(H,26,31). The molecule has 1 fully saturated rings. The number of carbonyl (C=O) groups excluding carboxylic acids is 2. The highest BCUT2D eigenvalue weighted by atomic mass is 16.6. The number of piperazine rings is 1. The third kappa shape index (κ3) is 5.17. The van der Waals surface area contributed by atoms with Crippen molar-refractivity contribution < 1.29 is 14.3 Å². The molecule has 174 valence electrons. The maximum absolute atomic E-state index is 12.6. The van der Waals surface area contributed by atoms with E-state index in [1.807, 2.05) is 56.3 Å². The number of nitrogens with one attached hydrogen (secondary N) is 1. The van der Waals surface area contributed by atoms with Crippen LogP contribution in [0.2, 0.25) is 0 Å². The summed E-state index contributed by atoms with van der Waals surface area (Å²) in [4.78, 5) is 33.5. The van der Waals surface area contributed by atoms with E-state index in [1.54, 1.807) is 4.90 Å². The number of aryl methyl sites for hydroxylation is 2. The lowest BCUT2D eigenvalue weighted by atomic mass is 10.1. The van der Waals surface area contributed by atoms with E-state index in [0.29, 0.717) is 31.8 Å². The number of benzene rings is 2. The molecule has 2 amide bonds. The maximum atomic E-state index is 12.6. The van der Waals surface area contributed by atoms with Crippen molar-refractivity contribution in [3.8, 4) is 0 Å². The first-order valence-electron chi connectivity index (χ1n) is 11.5. The minimum atomic E-state index is -0.238. The van der Waals surface area contributed by atoms with E-state index in [0.717, 1.165) is 47.7 Å². The van der Waals surface area contributed by atoms with Gasteiger partial charge in [-0.1, -0.05) is 17.7 Å². The summed E-state index contributed by atoms with van der Waals surface area (Å²) in [6.45, 7) is 10.7. The quantitative estimate of drug-likeness (QED) is 0.618. The number of hydrogen-bond donors (Lipinski definition) is 1. The van der Waals surface area contributed by atoms with Crippen LogP contribution in [0.1, 0.15) is 35.6 Å². The van der Waals surface area contributed by atoms with Crippen LogP contribution in [-0.2, 0) is 17.8 Å². The van der Waals surface area contributed by atoms with Gasteiger partial charge in [-0.25, -0.2) is 9.78 Å². The van der Waals surface area contributed by atoms with Gasteiger partial charge in [0.1, 0.15) is 5.82 Å². The first-order chi connectivity index (χ1) is 16.0. The number of aromatic nitrogens is 2. The highest BCUT2D eigenvalue weighted by molar-refractivity contribution is 6.05. The molecule has 4 rings (SSSR count). The fourth-order valence-corrected chi connectivity index (χ4v) is 4.14. The van der Waals surface area contributed by atoms with E-state index >= 15 is 0 Å². The van der Waals surface area contributed by atoms with Crippen LogP contribution in [0.15, 0.2) is 42.5 Å². The summed E-state index contributed by atoms with van der Waals surface area (Å²) in [5, 5.41) is 2.98. The number of ether oxygens (including phenoxy) is 1. The summed E-state index contributed by atoms with van der Waals surface area (Å²) < 4.78 is 7.31. The third-order valence-electron chi connectivity index (χ3n) is 5.98. The van der Waals surface area contributed by atoms with Gasteiger partial charge in [-0.05, 0) is 51.1 Å².